The maximum Gasteiger partial charge on any atom is 0.234 e. The number of hydrogen-bond acceptors (Lipinski definition) is 6. The van der Waals surface area contributed by atoms with Crippen molar-refractivity contribution in [1.29, 1.82) is 0 Å². The molecule has 1 aliphatic rings. The van der Waals surface area contributed by atoms with Gasteiger partial charge < -0.3 is 15.0 Å². The molecule has 9 heteroatoms. The molecule has 8 nitrogen and oxygen atoms in total. The topological polar surface area (TPSA) is 89.3 Å². The van der Waals surface area contributed by atoms with Gasteiger partial charge in [0.05, 0.1) is 12.9 Å². The Morgan fingerprint density at radius 3 is 2.81 bits per heavy atom. The third kappa shape index (κ3) is 5.47. The maximum absolute atomic E-state index is 12.5. The highest BCUT2D eigenvalue weighted by atomic mass is 32.2. The Balaban J connectivity index is 1.34. The molecule has 0 radical (unpaired) electrons. The van der Waals surface area contributed by atoms with Gasteiger partial charge in [0, 0.05) is 30.9 Å². The average molecular weight is 452 g/mol. The van der Waals surface area contributed by atoms with Crippen LogP contribution < -0.4 is 10.1 Å². The van der Waals surface area contributed by atoms with Crippen LogP contribution in [0.4, 0.5) is 5.69 Å². The van der Waals surface area contributed by atoms with Crippen LogP contribution in [0.3, 0.4) is 0 Å². The van der Waals surface area contributed by atoms with E-state index in [9.17, 15) is 9.59 Å². The Morgan fingerprint density at radius 1 is 1.19 bits per heavy atom. The van der Waals surface area contributed by atoms with Gasteiger partial charge in [0.1, 0.15) is 12.1 Å². The number of nitrogens with zero attached hydrogens (tertiary/aromatic N) is 4. The molecule has 0 spiro atoms. The highest BCUT2D eigenvalue weighted by Gasteiger charge is 2.18. The van der Waals surface area contributed by atoms with Crippen molar-refractivity contribution in [1.82, 2.24) is 19.7 Å². The maximum atomic E-state index is 12.5. The monoisotopic (exact) mass is 451 g/mol. The molecule has 1 saturated heterocycles. The van der Waals surface area contributed by atoms with Gasteiger partial charge in [-0.05, 0) is 54.8 Å². The Labute approximate surface area is 191 Å². The van der Waals surface area contributed by atoms with Gasteiger partial charge in [0.2, 0.25) is 11.8 Å². The van der Waals surface area contributed by atoms with Crippen molar-refractivity contribution < 1.29 is 14.3 Å². The minimum Gasteiger partial charge on any atom is -0.497 e. The molecular formula is C23H25N5O3S. The standard InChI is InChI=1S/C23H25N5O3S/c1-31-20-10-8-19(9-11-20)28-16-24-26-23(28)32-15-21(29)25-18-6-4-5-17(13-18)14-27-12-3-2-7-22(27)30/h4-6,8-11,13,16H,2-3,7,12,14-15H2,1H3,(H,25,29). The van der Waals surface area contributed by atoms with Crippen LogP contribution in [0.2, 0.25) is 0 Å². The highest BCUT2D eigenvalue weighted by Crippen LogP contribution is 2.22. The summed E-state index contributed by atoms with van der Waals surface area (Å²) in [6, 6.07) is 15.2. The Morgan fingerprint density at radius 2 is 2.03 bits per heavy atom. The molecule has 1 N–H and O–H groups in total. The lowest BCUT2D eigenvalue weighted by Gasteiger charge is -2.26. The van der Waals surface area contributed by atoms with Gasteiger partial charge in [-0.2, -0.15) is 0 Å². The first kappa shape index (κ1) is 21.9. The first-order valence-corrected chi connectivity index (χ1v) is 11.4. The molecular weight excluding hydrogens is 426 g/mol. The minimum absolute atomic E-state index is 0.134. The molecule has 2 amide bonds. The summed E-state index contributed by atoms with van der Waals surface area (Å²) in [6.45, 7) is 1.36. The van der Waals surface area contributed by atoms with Crippen molar-refractivity contribution in [2.75, 3.05) is 24.7 Å². The zero-order valence-electron chi connectivity index (χ0n) is 17.9. The van der Waals surface area contributed by atoms with E-state index in [1.807, 2.05) is 58.0 Å². The largest absolute Gasteiger partial charge is 0.497 e. The van der Waals surface area contributed by atoms with E-state index in [2.05, 4.69) is 15.5 Å². The summed E-state index contributed by atoms with van der Waals surface area (Å²) in [5.41, 5.74) is 2.61. The van der Waals surface area contributed by atoms with Crippen molar-refractivity contribution in [2.45, 2.75) is 31.0 Å². The van der Waals surface area contributed by atoms with Gasteiger partial charge in [-0.15, -0.1) is 10.2 Å². The zero-order chi connectivity index (χ0) is 22.3. The van der Waals surface area contributed by atoms with Gasteiger partial charge in [-0.1, -0.05) is 23.9 Å². The van der Waals surface area contributed by atoms with Crippen LogP contribution in [0.25, 0.3) is 5.69 Å². The van der Waals surface area contributed by atoms with Gasteiger partial charge in [0.25, 0.3) is 0 Å². The van der Waals surface area contributed by atoms with Crippen LogP contribution in [0, 0.1) is 0 Å². The molecule has 2 heterocycles. The summed E-state index contributed by atoms with van der Waals surface area (Å²) in [5, 5.41) is 11.7. The third-order valence-corrected chi connectivity index (χ3v) is 6.15. The molecule has 0 aliphatic carbocycles. The first-order chi connectivity index (χ1) is 15.6. The number of anilines is 1. The lowest BCUT2D eigenvalue weighted by atomic mass is 10.1. The number of rotatable bonds is 8. The summed E-state index contributed by atoms with van der Waals surface area (Å²) in [6.07, 6.45) is 4.25. The fraction of sp³-hybridized carbons (Fsp3) is 0.304. The lowest BCUT2D eigenvalue weighted by molar-refractivity contribution is -0.133. The highest BCUT2D eigenvalue weighted by molar-refractivity contribution is 7.99. The molecule has 4 rings (SSSR count). The van der Waals surface area contributed by atoms with E-state index in [1.54, 1.807) is 13.4 Å². The third-order valence-electron chi connectivity index (χ3n) is 5.20. The van der Waals surface area contributed by atoms with E-state index >= 15 is 0 Å². The Hall–Kier alpha value is -3.33. The number of likely N-dealkylation sites (tertiary alicyclic amines) is 1. The molecule has 166 valence electrons. The molecule has 1 aromatic heterocycles. The fourth-order valence-electron chi connectivity index (χ4n) is 3.57. The molecule has 0 unspecified atom stereocenters. The molecule has 0 atom stereocenters. The molecule has 1 fully saturated rings. The van der Waals surface area contributed by atoms with Crippen LogP contribution >= 0.6 is 11.8 Å². The fourth-order valence-corrected chi connectivity index (χ4v) is 4.30. The summed E-state index contributed by atoms with van der Waals surface area (Å²) in [7, 11) is 1.62. The van der Waals surface area contributed by atoms with Crippen molar-refractivity contribution >= 4 is 29.3 Å². The SMILES string of the molecule is COc1ccc(-n2cnnc2SCC(=O)Nc2cccc(CN3CCCCC3=O)c2)cc1. The van der Waals surface area contributed by atoms with Gasteiger partial charge in [-0.25, -0.2) is 0 Å². The first-order valence-electron chi connectivity index (χ1n) is 10.5. The van der Waals surface area contributed by atoms with E-state index in [0.717, 1.165) is 36.4 Å². The molecule has 0 saturated carbocycles. The van der Waals surface area contributed by atoms with Crippen LogP contribution in [-0.4, -0.2) is 50.9 Å². The zero-order valence-corrected chi connectivity index (χ0v) is 18.7. The van der Waals surface area contributed by atoms with Crippen LogP contribution in [-0.2, 0) is 16.1 Å². The van der Waals surface area contributed by atoms with Crippen LogP contribution in [0.1, 0.15) is 24.8 Å². The van der Waals surface area contributed by atoms with E-state index in [4.69, 9.17) is 4.74 Å². The number of nitrogens with one attached hydrogen (secondary N) is 1. The number of carbonyl (C=O) groups is 2. The van der Waals surface area contributed by atoms with E-state index in [-0.39, 0.29) is 17.6 Å². The summed E-state index contributed by atoms with van der Waals surface area (Å²) < 4.78 is 7.02. The number of piperidine rings is 1. The quantitative estimate of drug-likeness (QED) is 0.527. The Kier molecular flexibility index (Phi) is 7.06. The smallest absolute Gasteiger partial charge is 0.234 e. The average Bonchev–Trinajstić information content (AvgIpc) is 3.28. The molecule has 0 bridgehead atoms. The number of benzene rings is 2. The number of methoxy groups -OCH3 is 1. The van der Waals surface area contributed by atoms with Crippen molar-refractivity contribution in [2.24, 2.45) is 0 Å². The number of amides is 2. The second-order valence-electron chi connectivity index (χ2n) is 7.49. The second-order valence-corrected chi connectivity index (χ2v) is 8.43. The molecule has 1 aliphatic heterocycles. The number of thioether (sulfide) groups is 1. The van der Waals surface area contributed by atoms with Crippen LogP contribution in [0.5, 0.6) is 5.75 Å². The van der Waals surface area contributed by atoms with Crippen LogP contribution in [0.15, 0.2) is 60.0 Å². The molecule has 32 heavy (non-hydrogen) atoms. The van der Waals surface area contributed by atoms with Gasteiger partial charge >= 0.3 is 0 Å². The van der Waals surface area contributed by atoms with E-state index < -0.39 is 0 Å². The molecule has 2 aromatic carbocycles. The predicted molar refractivity (Wildman–Crippen MR) is 123 cm³/mol. The normalized spacial score (nSPS) is 13.8. The van der Waals surface area contributed by atoms with Crippen molar-refractivity contribution in [3.63, 3.8) is 0 Å². The van der Waals surface area contributed by atoms with Crippen molar-refractivity contribution in [3.8, 4) is 11.4 Å². The number of ether oxygens (including phenoxy) is 1. The van der Waals surface area contributed by atoms with E-state index in [1.165, 1.54) is 11.8 Å². The van der Waals surface area contributed by atoms with Gasteiger partial charge in [0.15, 0.2) is 5.16 Å². The van der Waals surface area contributed by atoms with E-state index in [0.29, 0.717) is 23.8 Å². The molecule has 3 aromatic rings. The number of hydrogen-bond donors (Lipinski definition) is 1. The minimum atomic E-state index is -0.134. The van der Waals surface area contributed by atoms with Crippen molar-refractivity contribution in [3.05, 3.63) is 60.4 Å². The summed E-state index contributed by atoms with van der Waals surface area (Å²) in [5.74, 6) is 1.03. The number of aromatic nitrogens is 3. The second kappa shape index (κ2) is 10.3. The predicted octanol–water partition coefficient (Wildman–Crippen LogP) is 3.52. The lowest BCUT2D eigenvalue weighted by Crippen LogP contribution is -2.34. The van der Waals surface area contributed by atoms with Gasteiger partial charge in [-0.3, -0.25) is 14.2 Å². The summed E-state index contributed by atoms with van der Waals surface area (Å²) in [4.78, 5) is 26.5. The summed E-state index contributed by atoms with van der Waals surface area (Å²) >= 11 is 1.31. The number of carbonyl (C=O) groups excluding carboxylic acids is 2. The Bertz CT molecular complexity index is 1080.